The summed E-state index contributed by atoms with van der Waals surface area (Å²) in [6.45, 7) is 0. The van der Waals surface area contributed by atoms with Crippen molar-refractivity contribution in [3.63, 3.8) is 0 Å². The van der Waals surface area contributed by atoms with Crippen molar-refractivity contribution in [3.05, 3.63) is 35.3 Å². The zero-order chi connectivity index (χ0) is 18.4. The quantitative estimate of drug-likeness (QED) is 0.648. The van der Waals surface area contributed by atoms with E-state index in [0.717, 1.165) is 23.4 Å². The highest BCUT2D eigenvalue weighted by Gasteiger charge is 2.17. The van der Waals surface area contributed by atoms with E-state index in [0.29, 0.717) is 10.8 Å². The molecule has 2 aromatic rings. The number of nitrogens with zero attached hydrogens (tertiary/aromatic N) is 1. The minimum atomic E-state index is -0.226. The van der Waals surface area contributed by atoms with Gasteiger partial charge in [-0.05, 0) is 37.3 Å². The summed E-state index contributed by atoms with van der Waals surface area (Å²) in [5.74, 6) is -0.129. The minimum absolute atomic E-state index is 0.129. The van der Waals surface area contributed by atoms with Gasteiger partial charge in [-0.2, -0.15) is 0 Å². The first-order valence-corrected chi connectivity index (χ1v) is 10.7. The van der Waals surface area contributed by atoms with Crippen LogP contribution in [0.4, 0.5) is 15.6 Å². The van der Waals surface area contributed by atoms with Crippen LogP contribution in [0.15, 0.2) is 34.5 Å². The smallest absolute Gasteiger partial charge is 0.321 e. The van der Waals surface area contributed by atoms with E-state index in [1.165, 1.54) is 24.2 Å². The molecule has 1 aromatic carbocycles. The maximum Gasteiger partial charge on any atom is 0.321 e. The number of benzene rings is 1. The fourth-order valence-electron chi connectivity index (χ4n) is 2.90. The van der Waals surface area contributed by atoms with Crippen LogP contribution < -0.4 is 16.0 Å². The van der Waals surface area contributed by atoms with Crippen LogP contribution in [0.1, 0.15) is 31.4 Å². The number of carbonyl (C=O) groups excluding carboxylic acids is 2. The molecule has 1 aromatic heterocycles. The monoisotopic (exact) mass is 390 g/mol. The lowest BCUT2D eigenvalue weighted by Crippen LogP contribution is -2.36. The number of urea groups is 1. The van der Waals surface area contributed by atoms with Crippen molar-refractivity contribution in [2.75, 3.05) is 16.9 Å². The van der Waals surface area contributed by atoms with Gasteiger partial charge in [0.2, 0.25) is 5.91 Å². The molecule has 0 bridgehead atoms. The molecule has 0 spiro atoms. The number of thioether (sulfide) groups is 1. The highest BCUT2D eigenvalue weighted by molar-refractivity contribution is 7.98. The van der Waals surface area contributed by atoms with E-state index >= 15 is 0 Å². The number of nitrogens with one attached hydrogen (secondary N) is 3. The lowest BCUT2D eigenvalue weighted by molar-refractivity contribution is -0.115. The Kier molecular flexibility index (Phi) is 6.51. The first-order chi connectivity index (χ1) is 12.6. The van der Waals surface area contributed by atoms with Crippen LogP contribution in [-0.2, 0) is 11.2 Å². The highest BCUT2D eigenvalue weighted by atomic mass is 32.2. The number of carbonyl (C=O) groups is 2. The second kappa shape index (κ2) is 9.05. The maximum atomic E-state index is 12.2. The second-order valence-corrected chi connectivity index (χ2v) is 7.92. The van der Waals surface area contributed by atoms with Crippen LogP contribution >= 0.6 is 23.1 Å². The van der Waals surface area contributed by atoms with E-state index in [1.54, 1.807) is 17.1 Å². The van der Waals surface area contributed by atoms with Crippen molar-refractivity contribution >= 4 is 45.9 Å². The summed E-state index contributed by atoms with van der Waals surface area (Å²) in [6.07, 6.45) is 6.57. The number of anilines is 2. The van der Waals surface area contributed by atoms with Gasteiger partial charge in [-0.1, -0.05) is 18.9 Å². The molecule has 138 valence electrons. The van der Waals surface area contributed by atoms with Crippen molar-refractivity contribution < 1.29 is 9.59 Å². The molecule has 1 saturated carbocycles. The van der Waals surface area contributed by atoms with Crippen LogP contribution in [0.5, 0.6) is 0 Å². The van der Waals surface area contributed by atoms with Gasteiger partial charge in [-0.25, -0.2) is 9.78 Å². The van der Waals surface area contributed by atoms with Gasteiger partial charge in [0.05, 0.1) is 12.1 Å². The fourth-order valence-corrected chi connectivity index (χ4v) is 4.07. The van der Waals surface area contributed by atoms with Crippen LogP contribution in [0.3, 0.4) is 0 Å². The third-order valence-electron chi connectivity index (χ3n) is 4.16. The molecule has 0 unspecified atom stereocenters. The zero-order valence-corrected chi connectivity index (χ0v) is 16.2. The average Bonchev–Trinajstić information content (AvgIpc) is 3.27. The molecular weight excluding hydrogens is 368 g/mol. The van der Waals surface area contributed by atoms with Gasteiger partial charge in [-0.15, -0.1) is 23.1 Å². The first-order valence-electron chi connectivity index (χ1n) is 8.58. The van der Waals surface area contributed by atoms with Gasteiger partial charge >= 0.3 is 6.03 Å². The molecule has 3 rings (SSSR count). The molecule has 0 aliphatic heterocycles. The van der Waals surface area contributed by atoms with Crippen molar-refractivity contribution in [1.82, 2.24) is 10.3 Å². The van der Waals surface area contributed by atoms with Crippen LogP contribution in [-0.4, -0.2) is 29.2 Å². The SMILES string of the molecule is CSc1cccc(NC(=O)Cc2csc(NC(=O)NC3CCCC3)n2)c1. The van der Waals surface area contributed by atoms with Crippen LogP contribution in [0, 0.1) is 0 Å². The average molecular weight is 391 g/mol. The summed E-state index contributed by atoms with van der Waals surface area (Å²) < 4.78 is 0. The summed E-state index contributed by atoms with van der Waals surface area (Å²) in [6, 6.07) is 7.74. The second-order valence-electron chi connectivity index (χ2n) is 6.18. The molecule has 1 heterocycles. The molecule has 1 aliphatic rings. The fraction of sp³-hybridized carbons (Fsp3) is 0.389. The van der Waals surface area contributed by atoms with Gasteiger partial charge < -0.3 is 10.6 Å². The van der Waals surface area contributed by atoms with E-state index in [9.17, 15) is 9.59 Å². The predicted octanol–water partition coefficient (Wildman–Crippen LogP) is 4.11. The van der Waals surface area contributed by atoms with Gasteiger partial charge in [0.25, 0.3) is 0 Å². The highest BCUT2D eigenvalue weighted by Crippen LogP contribution is 2.21. The molecule has 1 fully saturated rings. The van der Waals surface area contributed by atoms with Crippen molar-refractivity contribution in [2.24, 2.45) is 0 Å². The standard InChI is InChI=1S/C18H22N4O2S2/c1-25-15-8-4-7-13(9-15)19-16(23)10-14-11-26-18(21-14)22-17(24)20-12-5-2-3-6-12/h4,7-9,11-12H,2-3,5-6,10H2,1H3,(H,19,23)(H2,20,21,22,24). The number of thiazole rings is 1. The van der Waals surface area contributed by atoms with E-state index in [-0.39, 0.29) is 24.4 Å². The number of aromatic nitrogens is 1. The molecule has 0 radical (unpaired) electrons. The Morgan fingerprint density at radius 1 is 1.27 bits per heavy atom. The van der Waals surface area contributed by atoms with E-state index in [2.05, 4.69) is 20.9 Å². The van der Waals surface area contributed by atoms with Crippen molar-refractivity contribution in [1.29, 1.82) is 0 Å². The summed E-state index contributed by atoms with van der Waals surface area (Å²) >= 11 is 2.95. The molecule has 26 heavy (non-hydrogen) atoms. The number of amides is 3. The number of hydrogen-bond acceptors (Lipinski definition) is 5. The molecule has 6 nitrogen and oxygen atoms in total. The van der Waals surface area contributed by atoms with Crippen molar-refractivity contribution in [2.45, 2.75) is 43.0 Å². The summed E-state index contributed by atoms with van der Waals surface area (Å²) in [7, 11) is 0. The Balaban J connectivity index is 1.49. The predicted molar refractivity (Wildman–Crippen MR) is 107 cm³/mol. The normalized spacial score (nSPS) is 14.2. The lowest BCUT2D eigenvalue weighted by atomic mass is 10.3. The first kappa shape index (κ1) is 18.7. The van der Waals surface area contributed by atoms with Crippen LogP contribution in [0.25, 0.3) is 0 Å². The maximum absolute atomic E-state index is 12.2. The molecule has 0 saturated heterocycles. The van der Waals surface area contributed by atoms with Crippen molar-refractivity contribution in [3.8, 4) is 0 Å². The molecule has 3 amide bonds. The number of rotatable bonds is 6. The lowest BCUT2D eigenvalue weighted by Gasteiger charge is -2.11. The van der Waals surface area contributed by atoms with Crippen LogP contribution in [0.2, 0.25) is 0 Å². The number of hydrogen-bond donors (Lipinski definition) is 3. The Bertz CT molecular complexity index is 772. The molecule has 8 heteroatoms. The Hall–Kier alpha value is -2.06. The summed E-state index contributed by atoms with van der Waals surface area (Å²) in [5.41, 5.74) is 1.41. The third kappa shape index (κ3) is 5.47. The summed E-state index contributed by atoms with van der Waals surface area (Å²) in [5, 5.41) is 10.9. The largest absolute Gasteiger partial charge is 0.335 e. The van der Waals surface area contributed by atoms with Gasteiger partial charge in [0.15, 0.2) is 5.13 Å². The molecule has 3 N–H and O–H groups in total. The topological polar surface area (TPSA) is 83.1 Å². The Morgan fingerprint density at radius 3 is 2.85 bits per heavy atom. The third-order valence-corrected chi connectivity index (χ3v) is 5.69. The van der Waals surface area contributed by atoms with E-state index in [1.807, 2.05) is 30.5 Å². The summed E-state index contributed by atoms with van der Waals surface area (Å²) in [4.78, 5) is 29.6. The molecule has 0 atom stereocenters. The zero-order valence-electron chi connectivity index (χ0n) is 14.6. The Labute approximate surface area is 161 Å². The van der Waals surface area contributed by atoms with Gasteiger partial charge in [0.1, 0.15) is 0 Å². The molecular formula is C18H22N4O2S2. The van der Waals surface area contributed by atoms with Gasteiger partial charge in [0, 0.05) is 22.0 Å². The van der Waals surface area contributed by atoms with E-state index in [4.69, 9.17) is 0 Å². The molecule has 1 aliphatic carbocycles. The van der Waals surface area contributed by atoms with Gasteiger partial charge in [-0.3, -0.25) is 10.1 Å². The van der Waals surface area contributed by atoms with E-state index < -0.39 is 0 Å². The Morgan fingerprint density at radius 2 is 2.08 bits per heavy atom. The minimum Gasteiger partial charge on any atom is -0.335 e.